The molecule has 0 radical (unpaired) electrons. The molecule has 0 saturated heterocycles. The van der Waals surface area contributed by atoms with E-state index in [1.54, 1.807) is 0 Å². The predicted molar refractivity (Wildman–Crippen MR) is 152 cm³/mol. The summed E-state index contributed by atoms with van der Waals surface area (Å²) in [4.78, 5) is 0. The lowest BCUT2D eigenvalue weighted by Gasteiger charge is -2.29. The highest BCUT2D eigenvalue weighted by atomic mass is 14.3. The number of rotatable bonds is 14. The number of unbranched alkanes of at least 4 members (excludes halogenated alkanes) is 8. The Labute approximate surface area is 220 Å². The van der Waals surface area contributed by atoms with Crippen LogP contribution < -0.4 is 0 Å². The van der Waals surface area contributed by atoms with Gasteiger partial charge in [0.25, 0.3) is 0 Å². The minimum atomic E-state index is 0.409. The molecule has 36 heavy (non-hydrogen) atoms. The molecule has 0 N–H and O–H groups in total. The van der Waals surface area contributed by atoms with E-state index in [9.17, 15) is 10.5 Å². The third kappa shape index (κ3) is 7.96. The van der Waals surface area contributed by atoms with Crippen LogP contribution in [-0.2, 0) is 6.42 Å². The van der Waals surface area contributed by atoms with Gasteiger partial charge in [-0.3, -0.25) is 0 Å². The first kappa shape index (κ1) is 28.0. The van der Waals surface area contributed by atoms with E-state index in [4.69, 9.17) is 0 Å². The maximum atomic E-state index is 10.1. The molecule has 0 bridgehead atoms. The fraction of sp³-hybridized carbons (Fsp3) is 0.588. The van der Waals surface area contributed by atoms with Crippen molar-refractivity contribution >= 4 is 0 Å². The van der Waals surface area contributed by atoms with Crippen LogP contribution in [0.1, 0.15) is 138 Å². The lowest BCUT2D eigenvalue weighted by molar-refractivity contribution is 0.301. The summed E-state index contributed by atoms with van der Waals surface area (Å²) in [5.41, 5.74) is 5.55. The molecule has 0 aromatic heterocycles. The molecule has 0 spiro atoms. The van der Waals surface area contributed by atoms with Crippen molar-refractivity contribution in [2.75, 3.05) is 0 Å². The number of nitrogens with zero attached hydrogens (tertiary/aromatic N) is 2. The van der Waals surface area contributed by atoms with Crippen LogP contribution in [0.3, 0.4) is 0 Å². The monoisotopic (exact) mass is 482 g/mol. The van der Waals surface area contributed by atoms with Gasteiger partial charge in [-0.15, -0.1) is 0 Å². The van der Waals surface area contributed by atoms with E-state index in [1.165, 1.54) is 89.0 Å². The summed E-state index contributed by atoms with van der Waals surface area (Å²) in [5.74, 6) is 1.25. The van der Waals surface area contributed by atoms with Gasteiger partial charge in [-0.1, -0.05) is 114 Å². The van der Waals surface area contributed by atoms with Crippen LogP contribution in [0.4, 0.5) is 0 Å². The number of nitriles is 2. The molecule has 0 aliphatic heterocycles. The molecule has 192 valence electrons. The van der Waals surface area contributed by atoms with Crippen LogP contribution in [0.25, 0.3) is 11.1 Å². The third-order valence-corrected chi connectivity index (χ3v) is 8.30. The summed E-state index contributed by atoms with van der Waals surface area (Å²) in [5, 5.41) is 20.1. The summed E-state index contributed by atoms with van der Waals surface area (Å²) in [6.45, 7) is 4.52. The molecule has 1 saturated carbocycles. The molecule has 1 fully saturated rings. The Balaban J connectivity index is 1.64. The van der Waals surface area contributed by atoms with Gasteiger partial charge in [-0.05, 0) is 67.1 Å². The molecule has 0 amide bonds. The third-order valence-electron chi connectivity index (χ3n) is 8.30. The molecular weight excluding hydrogens is 436 g/mol. The number of aryl methyl sites for hydroxylation is 1. The SMILES string of the molecule is CCCCCCCc1ccc(-c2ccc(C3CCC(CCCCCCC)CC3)c(C#N)c2C#N)cc1. The Bertz CT molecular complexity index is 997. The lowest BCUT2D eigenvalue weighted by Crippen LogP contribution is -2.15. The Morgan fingerprint density at radius 3 is 1.89 bits per heavy atom. The van der Waals surface area contributed by atoms with Gasteiger partial charge < -0.3 is 0 Å². The Hall–Kier alpha value is -2.58. The Kier molecular flexibility index (Phi) is 12.1. The standard InChI is InChI=1S/C34H46N2/c1-3-5-7-9-11-13-27-15-19-29(20-16-27)31-23-24-32(34(26-36)33(31)25-35)30-21-17-28(18-22-30)14-12-10-8-6-4-2/h15-16,19-20,23-24,28,30H,3-14,17-18,21-22H2,1-2H3. The van der Waals surface area contributed by atoms with Gasteiger partial charge in [0.2, 0.25) is 0 Å². The van der Waals surface area contributed by atoms with E-state index in [-0.39, 0.29) is 0 Å². The van der Waals surface area contributed by atoms with E-state index >= 15 is 0 Å². The zero-order valence-corrected chi connectivity index (χ0v) is 22.8. The van der Waals surface area contributed by atoms with Crippen molar-refractivity contribution in [3.63, 3.8) is 0 Å². The first-order valence-electron chi connectivity index (χ1n) is 14.8. The van der Waals surface area contributed by atoms with Crippen LogP contribution in [-0.4, -0.2) is 0 Å². The Morgan fingerprint density at radius 1 is 0.667 bits per heavy atom. The summed E-state index contributed by atoms with van der Waals surface area (Å²) >= 11 is 0. The first-order chi connectivity index (χ1) is 17.7. The normalized spacial score (nSPS) is 17.4. The molecule has 1 aliphatic rings. The van der Waals surface area contributed by atoms with Crippen molar-refractivity contribution < 1.29 is 0 Å². The van der Waals surface area contributed by atoms with E-state index < -0.39 is 0 Å². The van der Waals surface area contributed by atoms with Crippen molar-refractivity contribution in [1.82, 2.24) is 0 Å². The van der Waals surface area contributed by atoms with Crippen LogP contribution in [0.15, 0.2) is 36.4 Å². The van der Waals surface area contributed by atoms with Crippen molar-refractivity contribution in [2.45, 2.75) is 122 Å². The molecule has 0 unspecified atom stereocenters. The van der Waals surface area contributed by atoms with Crippen LogP contribution in [0.2, 0.25) is 0 Å². The van der Waals surface area contributed by atoms with Gasteiger partial charge in [-0.25, -0.2) is 0 Å². The zero-order valence-electron chi connectivity index (χ0n) is 22.8. The van der Waals surface area contributed by atoms with Crippen molar-refractivity contribution in [3.8, 4) is 23.3 Å². The number of benzene rings is 2. The molecule has 2 aromatic carbocycles. The van der Waals surface area contributed by atoms with Gasteiger partial charge in [0.15, 0.2) is 0 Å². The lowest BCUT2D eigenvalue weighted by atomic mass is 9.75. The van der Waals surface area contributed by atoms with E-state index in [1.807, 2.05) is 0 Å². The molecule has 0 atom stereocenters. The molecule has 1 aliphatic carbocycles. The predicted octanol–water partition coefficient (Wildman–Crippen LogP) is 10.2. The summed E-state index contributed by atoms with van der Waals surface area (Å²) in [6.07, 6.45) is 20.5. The zero-order chi connectivity index (χ0) is 25.6. The number of hydrogen-bond donors (Lipinski definition) is 0. The minimum Gasteiger partial charge on any atom is -0.192 e. The molecular formula is C34H46N2. The maximum absolute atomic E-state index is 10.1. The molecule has 2 heteroatoms. The highest BCUT2D eigenvalue weighted by molar-refractivity contribution is 5.75. The van der Waals surface area contributed by atoms with E-state index in [0.29, 0.717) is 17.0 Å². The fourth-order valence-corrected chi connectivity index (χ4v) is 6.02. The highest BCUT2D eigenvalue weighted by Crippen LogP contribution is 2.41. The average Bonchev–Trinajstić information content (AvgIpc) is 2.92. The second-order valence-electron chi connectivity index (χ2n) is 11.0. The summed E-state index contributed by atoms with van der Waals surface area (Å²) < 4.78 is 0. The van der Waals surface area contributed by atoms with Gasteiger partial charge in [0.05, 0.1) is 11.1 Å². The average molecular weight is 483 g/mol. The second kappa shape index (κ2) is 15.5. The smallest absolute Gasteiger partial charge is 0.101 e. The van der Waals surface area contributed by atoms with Gasteiger partial charge in [0.1, 0.15) is 12.1 Å². The molecule has 2 nitrogen and oxygen atoms in total. The molecule has 2 aromatic rings. The first-order valence-corrected chi connectivity index (χ1v) is 14.8. The van der Waals surface area contributed by atoms with Gasteiger partial charge in [0, 0.05) is 5.56 Å². The highest BCUT2D eigenvalue weighted by Gasteiger charge is 2.26. The van der Waals surface area contributed by atoms with Gasteiger partial charge >= 0.3 is 0 Å². The minimum absolute atomic E-state index is 0.409. The van der Waals surface area contributed by atoms with Crippen LogP contribution in [0.5, 0.6) is 0 Å². The largest absolute Gasteiger partial charge is 0.192 e. The second-order valence-corrected chi connectivity index (χ2v) is 11.0. The van der Waals surface area contributed by atoms with Crippen LogP contribution >= 0.6 is 0 Å². The molecule has 0 heterocycles. The fourth-order valence-electron chi connectivity index (χ4n) is 6.02. The molecule has 3 rings (SSSR count). The van der Waals surface area contributed by atoms with Crippen LogP contribution in [0, 0.1) is 28.6 Å². The summed E-state index contributed by atoms with van der Waals surface area (Å²) in [6, 6.07) is 17.7. The topological polar surface area (TPSA) is 47.6 Å². The van der Waals surface area contributed by atoms with Crippen molar-refractivity contribution in [3.05, 3.63) is 58.7 Å². The van der Waals surface area contributed by atoms with Crippen molar-refractivity contribution in [1.29, 1.82) is 10.5 Å². The van der Waals surface area contributed by atoms with E-state index in [0.717, 1.165) is 41.9 Å². The summed E-state index contributed by atoms with van der Waals surface area (Å²) in [7, 11) is 0. The van der Waals surface area contributed by atoms with Gasteiger partial charge in [-0.2, -0.15) is 10.5 Å². The van der Waals surface area contributed by atoms with Crippen molar-refractivity contribution in [2.24, 2.45) is 5.92 Å². The number of hydrogen-bond acceptors (Lipinski definition) is 2. The maximum Gasteiger partial charge on any atom is 0.101 e. The van der Waals surface area contributed by atoms with E-state index in [2.05, 4.69) is 62.4 Å². The quantitative estimate of drug-likeness (QED) is 0.251. The Morgan fingerprint density at radius 2 is 1.28 bits per heavy atom.